The van der Waals surface area contributed by atoms with E-state index in [-0.39, 0.29) is 25.7 Å². The molecule has 0 aliphatic rings. The topological polar surface area (TPSA) is 237 Å². The predicted molar refractivity (Wildman–Crippen MR) is 386 cm³/mol. The molecule has 0 rings (SSSR count). The molecule has 0 saturated heterocycles. The van der Waals surface area contributed by atoms with Crippen molar-refractivity contribution in [2.45, 2.75) is 401 Å². The van der Waals surface area contributed by atoms with Crippen LogP contribution < -0.4 is 0 Å². The number of aliphatic hydroxyl groups excluding tert-OH is 1. The average molecular weight is 1400 g/mol. The van der Waals surface area contributed by atoms with Gasteiger partial charge in [0.15, 0.2) is 12.2 Å². The maximum absolute atomic E-state index is 13.1. The van der Waals surface area contributed by atoms with Crippen LogP contribution in [0.15, 0.2) is 0 Å². The quantitative estimate of drug-likeness (QED) is 0.0222. The average Bonchev–Trinajstić information content (AvgIpc) is 1.35. The smallest absolute Gasteiger partial charge is 0.462 e. The highest BCUT2D eigenvalue weighted by molar-refractivity contribution is 7.47. The van der Waals surface area contributed by atoms with Crippen LogP contribution in [-0.2, 0) is 65.4 Å². The predicted octanol–water partition coefficient (Wildman–Crippen LogP) is 22.0. The Morgan fingerprint density at radius 1 is 0.295 bits per heavy atom. The molecule has 3 N–H and O–H groups in total. The van der Waals surface area contributed by atoms with Crippen molar-refractivity contribution in [3.63, 3.8) is 0 Å². The zero-order chi connectivity index (χ0) is 70.3. The van der Waals surface area contributed by atoms with Gasteiger partial charge in [-0.15, -0.1) is 0 Å². The van der Waals surface area contributed by atoms with Crippen molar-refractivity contribution in [3.05, 3.63) is 0 Å². The first-order valence-corrected chi connectivity index (χ1v) is 42.2. The zero-order valence-corrected chi connectivity index (χ0v) is 64.1. The fourth-order valence-electron chi connectivity index (χ4n) is 11.5. The van der Waals surface area contributed by atoms with E-state index in [0.717, 1.165) is 114 Å². The highest BCUT2D eigenvalue weighted by Crippen LogP contribution is 2.45. The Kier molecular flexibility index (Phi) is 64.0. The van der Waals surface area contributed by atoms with Gasteiger partial charge < -0.3 is 33.8 Å². The lowest BCUT2D eigenvalue weighted by Crippen LogP contribution is -2.30. The van der Waals surface area contributed by atoms with E-state index in [1.807, 2.05) is 0 Å². The van der Waals surface area contributed by atoms with Crippen molar-refractivity contribution in [2.75, 3.05) is 39.6 Å². The molecule has 19 heteroatoms. The maximum Gasteiger partial charge on any atom is 0.472 e. The second-order valence-electron chi connectivity index (χ2n) is 29.1. The number of ether oxygens (including phenoxy) is 4. The standard InChI is InChI=1S/C76H148O17P2/c1-9-69(8)55-47-39-31-21-18-19-23-34-42-50-58-75(80)92-71(62-86-73(78)56-48-40-32-22-17-15-13-11-10-12-14-16-20-28-36-44-52-66(2)3)64-90-94(82,83)88-60-70(77)61-89-95(84,85)91-65-72(93-76(81)59-51-43-35-27-25-30-38-46-54-68(6)7)63-87-74(79)57-49-41-33-26-24-29-37-45-53-67(4)5/h66-72,77H,9-65H2,1-8H3,(H,82,83)(H,84,85)/t69?,70?,71-,72-/m1/s1. The van der Waals surface area contributed by atoms with Gasteiger partial charge in [-0.05, 0) is 49.4 Å². The summed E-state index contributed by atoms with van der Waals surface area (Å²) in [4.78, 5) is 72.8. The first kappa shape index (κ1) is 93.1. The molecule has 0 aliphatic carbocycles. The van der Waals surface area contributed by atoms with E-state index in [9.17, 15) is 43.2 Å². The van der Waals surface area contributed by atoms with Crippen LogP contribution in [0.3, 0.4) is 0 Å². The first-order chi connectivity index (χ1) is 45.6. The van der Waals surface area contributed by atoms with Gasteiger partial charge in [0.05, 0.1) is 26.4 Å². The lowest BCUT2D eigenvalue weighted by atomic mass is 9.99. The maximum atomic E-state index is 13.1. The van der Waals surface area contributed by atoms with E-state index in [4.69, 9.17) is 37.0 Å². The van der Waals surface area contributed by atoms with Crippen molar-refractivity contribution in [2.24, 2.45) is 23.7 Å². The SMILES string of the molecule is CCC(C)CCCCCCCCCCCCC(=O)O[C@H](COC(=O)CCCCCCCCCCCCCCCCCCC(C)C)COP(=O)(O)OCC(O)COP(=O)(O)OC[C@@H](COC(=O)CCCCCCCCCCC(C)C)OC(=O)CCCCCCCCCCC(C)C. The molecule has 95 heavy (non-hydrogen) atoms. The van der Waals surface area contributed by atoms with Crippen molar-refractivity contribution in [1.29, 1.82) is 0 Å². The van der Waals surface area contributed by atoms with E-state index in [1.54, 1.807) is 0 Å². The van der Waals surface area contributed by atoms with Gasteiger partial charge >= 0.3 is 39.5 Å². The number of carbonyl (C=O) groups is 4. The number of esters is 4. The second kappa shape index (κ2) is 65.4. The van der Waals surface area contributed by atoms with Crippen LogP contribution in [0.2, 0.25) is 0 Å². The van der Waals surface area contributed by atoms with Crippen LogP contribution in [0.4, 0.5) is 0 Å². The Balaban J connectivity index is 5.23. The summed E-state index contributed by atoms with van der Waals surface area (Å²) >= 11 is 0. The van der Waals surface area contributed by atoms with Crippen molar-refractivity contribution in [1.82, 2.24) is 0 Å². The number of phosphoric acid groups is 2. The number of hydrogen-bond donors (Lipinski definition) is 3. The summed E-state index contributed by atoms with van der Waals surface area (Å²) in [6.45, 7) is 14.2. The molecule has 0 heterocycles. The van der Waals surface area contributed by atoms with Crippen molar-refractivity contribution >= 4 is 39.5 Å². The Hall–Kier alpha value is -1.94. The molecule has 0 saturated carbocycles. The van der Waals surface area contributed by atoms with Gasteiger partial charge in [0.25, 0.3) is 0 Å². The van der Waals surface area contributed by atoms with Gasteiger partial charge in [0.1, 0.15) is 19.3 Å². The van der Waals surface area contributed by atoms with E-state index < -0.39 is 97.5 Å². The molecule has 0 bridgehead atoms. The molecule has 0 amide bonds. The number of aliphatic hydroxyl groups is 1. The summed E-state index contributed by atoms with van der Waals surface area (Å²) < 4.78 is 68.5. The fourth-order valence-corrected chi connectivity index (χ4v) is 13.1. The van der Waals surface area contributed by atoms with Gasteiger partial charge in [-0.3, -0.25) is 37.3 Å². The highest BCUT2D eigenvalue weighted by Gasteiger charge is 2.30. The van der Waals surface area contributed by atoms with Crippen LogP contribution in [0, 0.1) is 23.7 Å². The van der Waals surface area contributed by atoms with Gasteiger partial charge in [-0.25, -0.2) is 9.13 Å². The molecule has 17 nitrogen and oxygen atoms in total. The number of unbranched alkanes of at least 4 members (excludes halogenated alkanes) is 38. The molecular weight excluding hydrogens is 1250 g/mol. The van der Waals surface area contributed by atoms with E-state index in [0.29, 0.717) is 25.7 Å². The number of hydrogen-bond acceptors (Lipinski definition) is 15. The second-order valence-corrected chi connectivity index (χ2v) is 32.0. The van der Waals surface area contributed by atoms with Gasteiger partial charge in [-0.2, -0.15) is 0 Å². The summed E-state index contributed by atoms with van der Waals surface area (Å²) in [5.74, 6) is 0.937. The number of phosphoric ester groups is 2. The Morgan fingerprint density at radius 3 is 0.747 bits per heavy atom. The van der Waals surface area contributed by atoms with Crippen LogP contribution in [0.5, 0.6) is 0 Å². The summed E-state index contributed by atoms with van der Waals surface area (Å²) in [6.07, 6.45) is 50.0. The zero-order valence-electron chi connectivity index (χ0n) is 62.3. The molecule has 0 aromatic rings. The lowest BCUT2D eigenvalue weighted by molar-refractivity contribution is -0.161. The number of carbonyl (C=O) groups excluding carboxylic acids is 4. The third kappa shape index (κ3) is 69.0. The minimum Gasteiger partial charge on any atom is -0.462 e. The highest BCUT2D eigenvalue weighted by atomic mass is 31.2. The van der Waals surface area contributed by atoms with E-state index in [2.05, 4.69) is 55.4 Å². The molecule has 4 unspecified atom stereocenters. The largest absolute Gasteiger partial charge is 0.472 e. The van der Waals surface area contributed by atoms with E-state index >= 15 is 0 Å². The van der Waals surface area contributed by atoms with Gasteiger partial charge in [0.2, 0.25) is 0 Å². The van der Waals surface area contributed by atoms with Gasteiger partial charge in [-0.1, -0.05) is 331 Å². The Morgan fingerprint density at radius 2 is 0.505 bits per heavy atom. The van der Waals surface area contributed by atoms with Crippen LogP contribution in [0.1, 0.15) is 383 Å². The summed E-state index contributed by atoms with van der Waals surface area (Å²) in [5.41, 5.74) is 0. The molecule has 0 fully saturated rings. The monoisotopic (exact) mass is 1400 g/mol. The molecule has 6 atom stereocenters. The van der Waals surface area contributed by atoms with Crippen LogP contribution in [0.25, 0.3) is 0 Å². The Labute approximate surface area is 581 Å². The molecule has 0 spiro atoms. The summed E-state index contributed by atoms with van der Waals surface area (Å²) in [7, 11) is -9.91. The van der Waals surface area contributed by atoms with Crippen molar-refractivity contribution in [3.8, 4) is 0 Å². The number of rotatable bonds is 73. The van der Waals surface area contributed by atoms with Crippen LogP contribution >= 0.6 is 15.6 Å². The van der Waals surface area contributed by atoms with Crippen LogP contribution in [-0.4, -0.2) is 96.7 Å². The minimum absolute atomic E-state index is 0.104. The van der Waals surface area contributed by atoms with E-state index in [1.165, 1.54) is 186 Å². The lowest BCUT2D eigenvalue weighted by Gasteiger charge is -2.21. The summed E-state index contributed by atoms with van der Waals surface area (Å²) in [5, 5.41) is 10.6. The molecule has 0 aromatic heterocycles. The fraction of sp³-hybridized carbons (Fsp3) is 0.947. The molecule has 0 aromatic carbocycles. The third-order valence-corrected chi connectivity index (χ3v) is 19.8. The third-order valence-electron chi connectivity index (χ3n) is 17.9. The first-order valence-electron chi connectivity index (χ1n) is 39.2. The van der Waals surface area contributed by atoms with Crippen molar-refractivity contribution < 1.29 is 80.2 Å². The molecular formula is C76H148O17P2. The summed E-state index contributed by atoms with van der Waals surface area (Å²) in [6, 6.07) is 0. The molecule has 0 aliphatic heterocycles. The molecule has 564 valence electrons. The minimum atomic E-state index is -4.96. The normalized spacial score (nSPS) is 14.4. The Bertz CT molecular complexity index is 1870. The molecule has 0 radical (unpaired) electrons. The van der Waals surface area contributed by atoms with Gasteiger partial charge in [0, 0.05) is 25.7 Å².